The summed E-state index contributed by atoms with van der Waals surface area (Å²) in [4.78, 5) is 41.7. The first-order valence-corrected chi connectivity index (χ1v) is 9.90. The number of carboxylic acid groups (broad SMARTS) is 1. The second-order valence-corrected chi connectivity index (χ2v) is 7.43. The molecule has 164 valence electrons. The van der Waals surface area contributed by atoms with Crippen molar-refractivity contribution in [2.75, 3.05) is 5.73 Å². The third-order valence-corrected chi connectivity index (χ3v) is 5.32. The van der Waals surface area contributed by atoms with Crippen LogP contribution in [0.3, 0.4) is 0 Å². The van der Waals surface area contributed by atoms with Crippen molar-refractivity contribution in [3.8, 4) is 5.69 Å². The molecule has 3 aromatic heterocycles. The standard InChI is InChI=1S/C21H13ClFN7O3/c22-10-4-1-2-7-13(10)30-15(26-12-6-3-5-11(23)16(12)20(30)31)8-14-27-18(24)17-19(28-14)29(9-25-17)21(32)33/h1-7,9H,8H2,(H,32,33)(H2,24,27,28). The highest BCUT2D eigenvalue weighted by Crippen LogP contribution is 2.23. The number of halogens is 2. The van der Waals surface area contributed by atoms with Crippen LogP contribution >= 0.6 is 11.6 Å². The lowest BCUT2D eigenvalue weighted by atomic mass is 10.2. The van der Waals surface area contributed by atoms with Gasteiger partial charge in [0.1, 0.15) is 29.2 Å². The molecule has 0 aliphatic carbocycles. The summed E-state index contributed by atoms with van der Waals surface area (Å²) in [5, 5.41) is 9.42. The van der Waals surface area contributed by atoms with Gasteiger partial charge in [-0.1, -0.05) is 29.8 Å². The number of anilines is 1. The van der Waals surface area contributed by atoms with Crippen LogP contribution in [0, 0.1) is 5.82 Å². The Hall–Kier alpha value is -4.38. The largest absolute Gasteiger partial charge is 0.464 e. The monoisotopic (exact) mass is 465 g/mol. The van der Waals surface area contributed by atoms with Crippen LogP contribution in [0.2, 0.25) is 5.02 Å². The third-order valence-electron chi connectivity index (χ3n) is 5.00. The molecule has 0 aliphatic rings. The summed E-state index contributed by atoms with van der Waals surface area (Å²) < 4.78 is 16.5. The molecular formula is C21H13ClFN7O3. The highest BCUT2D eigenvalue weighted by atomic mass is 35.5. The molecule has 5 aromatic rings. The van der Waals surface area contributed by atoms with Crippen molar-refractivity contribution < 1.29 is 14.3 Å². The molecule has 0 aliphatic heterocycles. The second kappa shape index (κ2) is 7.64. The van der Waals surface area contributed by atoms with Crippen molar-refractivity contribution in [3.05, 3.63) is 81.6 Å². The SMILES string of the molecule is Nc1nc(Cc2nc3cccc(F)c3c(=O)n2-c2ccccc2Cl)nc2c1ncn2C(=O)O. The number of aromatic nitrogens is 6. The van der Waals surface area contributed by atoms with Gasteiger partial charge >= 0.3 is 6.09 Å². The molecule has 0 saturated carbocycles. The number of benzene rings is 2. The van der Waals surface area contributed by atoms with Crippen LogP contribution in [-0.2, 0) is 6.42 Å². The fourth-order valence-corrected chi connectivity index (χ4v) is 3.79. The number of nitrogens with two attached hydrogens (primary N) is 1. The van der Waals surface area contributed by atoms with Gasteiger partial charge in [0.25, 0.3) is 5.56 Å². The Morgan fingerprint density at radius 3 is 2.67 bits per heavy atom. The Bertz CT molecular complexity index is 1650. The summed E-state index contributed by atoms with van der Waals surface area (Å²) in [6.45, 7) is 0. The van der Waals surface area contributed by atoms with E-state index in [1.54, 1.807) is 24.3 Å². The average molecular weight is 466 g/mol. The van der Waals surface area contributed by atoms with E-state index in [2.05, 4.69) is 19.9 Å². The summed E-state index contributed by atoms with van der Waals surface area (Å²) in [5.41, 5.74) is 5.84. The van der Waals surface area contributed by atoms with Gasteiger partial charge in [0.2, 0.25) is 0 Å². The van der Waals surface area contributed by atoms with E-state index >= 15 is 0 Å². The molecule has 0 spiro atoms. The maximum Gasteiger partial charge on any atom is 0.418 e. The molecule has 3 heterocycles. The minimum absolute atomic E-state index is 0.0107. The van der Waals surface area contributed by atoms with E-state index in [9.17, 15) is 19.1 Å². The predicted molar refractivity (Wildman–Crippen MR) is 118 cm³/mol. The lowest BCUT2D eigenvalue weighted by molar-refractivity contribution is 0.197. The number of carbonyl (C=O) groups is 1. The van der Waals surface area contributed by atoms with Crippen molar-refractivity contribution in [2.45, 2.75) is 6.42 Å². The number of para-hydroxylation sites is 1. The Balaban J connectivity index is 1.77. The van der Waals surface area contributed by atoms with E-state index in [1.807, 2.05) is 0 Å². The molecule has 2 aromatic carbocycles. The van der Waals surface area contributed by atoms with Crippen molar-refractivity contribution in [3.63, 3.8) is 0 Å². The zero-order valence-corrected chi connectivity index (χ0v) is 17.4. The molecule has 0 saturated heterocycles. The number of hydrogen-bond donors (Lipinski definition) is 2. The van der Waals surface area contributed by atoms with Gasteiger partial charge in [-0.25, -0.2) is 33.7 Å². The minimum atomic E-state index is -1.30. The predicted octanol–water partition coefficient (Wildman–Crippen LogP) is 3.02. The lowest BCUT2D eigenvalue weighted by Crippen LogP contribution is -2.25. The molecule has 3 N–H and O–H groups in total. The first-order chi connectivity index (χ1) is 15.8. The van der Waals surface area contributed by atoms with Crippen molar-refractivity contribution in [1.82, 2.24) is 29.1 Å². The zero-order chi connectivity index (χ0) is 23.3. The van der Waals surface area contributed by atoms with E-state index in [0.717, 1.165) is 10.9 Å². The summed E-state index contributed by atoms with van der Waals surface area (Å²) >= 11 is 6.33. The van der Waals surface area contributed by atoms with Crippen LogP contribution in [0.4, 0.5) is 15.0 Å². The van der Waals surface area contributed by atoms with E-state index in [0.29, 0.717) is 5.69 Å². The van der Waals surface area contributed by atoms with Gasteiger partial charge in [0.15, 0.2) is 17.0 Å². The molecule has 0 unspecified atom stereocenters. The van der Waals surface area contributed by atoms with E-state index in [4.69, 9.17) is 17.3 Å². The Labute approximate surface area is 188 Å². The first kappa shape index (κ1) is 20.5. The smallest absolute Gasteiger partial charge is 0.418 e. The average Bonchev–Trinajstić information content (AvgIpc) is 3.20. The number of rotatable bonds is 3. The zero-order valence-electron chi connectivity index (χ0n) is 16.6. The van der Waals surface area contributed by atoms with E-state index < -0.39 is 17.5 Å². The molecule has 0 atom stereocenters. The topological polar surface area (TPSA) is 142 Å². The minimum Gasteiger partial charge on any atom is -0.464 e. The van der Waals surface area contributed by atoms with Gasteiger partial charge in [0.05, 0.1) is 22.6 Å². The van der Waals surface area contributed by atoms with Gasteiger partial charge in [0, 0.05) is 0 Å². The van der Waals surface area contributed by atoms with Crippen molar-refractivity contribution in [1.29, 1.82) is 0 Å². The van der Waals surface area contributed by atoms with Gasteiger partial charge in [-0.3, -0.25) is 9.36 Å². The molecule has 0 fully saturated rings. The maximum atomic E-state index is 14.5. The number of nitrogen functional groups attached to an aromatic ring is 1. The van der Waals surface area contributed by atoms with E-state index in [1.165, 1.54) is 22.8 Å². The highest BCUT2D eigenvalue weighted by molar-refractivity contribution is 6.32. The number of hydrogen-bond acceptors (Lipinski definition) is 7. The molecule has 0 amide bonds. The first-order valence-electron chi connectivity index (χ1n) is 9.53. The number of imidazole rings is 1. The summed E-state index contributed by atoms with van der Waals surface area (Å²) in [6.07, 6.45) is -0.357. The van der Waals surface area contributed by atoms with Crippen molar-refractivity contribution in [2.24, 2.45) is 0 Å². The molecule has 33 heavy (non-hydrogen) atoms. The van der Waals surface area contributed by atoms with Crippen LogP contribution in [0.25, 0.3) is 27.8 Å². The lowest BCUT2D eigenvalue weighted by Gasteiger charge is -2.15. The Morgan fingerprint density at radius 2 is 1.91 bits per heavy atom. The third kappa shape index (κ3) is 3.34. The van der Waals surface area contributed by atoms with Crippen LogP contribution in [0.15, 0.2) is 53.6 Å². The maximum absolute atomic E-state index is 14.5. The fourth-order valence-electron chi connectivity index (χ4n) is 3.56. The molecule has 0 bridgehead atoms. The van der Waals surface area contributed by atoms with E-state index in [-0.39, 0.29) is 51.0 Å². The van der Waals surface area contributed by atoms with Gasteiger partial charge in [-0.15, -0.1) is 0 Å². The van der Waals surface area contributed by atoms with Crippen LogP contribution in [-0.4, -0.2) is 40.3 Å². The molecular weight excluding hydrogens is 453 g/mol. The summed E-state index contributed by atoms with van der Waals surface area (Å²) in [6, 6.07) is 10.7. The normalized spacial score (nSPS) is 11.3. The number of fused-ring (bicyclic) bond motifs is 2. The van der Waals surface area contributed by atoms with Gasteiger partial charge in [-0.05, 0) is 24.3 Å². The van der Waals surface area contributed by atoms with Gasteiger partial charge < -0.3 is 10.8 Å². The Kier molecular flexibility index (Phi) is 4.75. The van der Waals surface area contributed by atoms with Crippen LogP contribution in [0.5, 0.6) is 0 Å². The van der Waals surface area contributed by atoms with Crippen LogP contribution < -0.4 is 11.3 Å². The quantitative estimate of drug-likeness (QED) is 0.414. The molecule has 5 rings (SSSR count). The fraction of sp³-hybridized carbons (Fsp3) is 0.0476. The molecule has 12 heteroatoms. The highest BCUT2D eigenvalue weighted by Gasteiger charge is 2.20. The summed E-state index contributed by atoms with van der Waals surface area (Å²) in [7, 11) is 0. The second-order valence-electron chi connectivity index (χ2n) is 7.03. The summed E-state index contributed by atoms with van der Waals surface area (Å²) in [5.74, 6) is -0.504. The number of nitrogens with zero attached hydrogens (tertiary/aromatic N) is 6. The van der Waals surface area contributed by atoms with Gasteiger partial charge in [-0.2, -0.15) is 0 Å². The molecule has 10 nitrogen and oxygen atoms in total. The Morgan fingerprint density at radius 1 is 1.12 bits per heavy atom. The van der Waals surface area contributed by atoms with Crippen molar-refractivity contribution >= 4 is 45.6 Å². The molecule has 0 radical (unpaired) electrons. The van der Waals surface area contributed by atoms with Crippen LogP contribution in [0.1, 0.15) is 11.6 Å².